The van der Waals surface area contributed by atoms with Crippen LogP contribution in [0.25, 0.3) is 10.6 Å². The molecule has 1 aromatic heterocycles. The summed E-state index contributed by atoms with van der Waals surface area (Å²) >= 11 is 1.31. The van der Waals surface area contributed by atoms with E-state index in [2.05, 4.69) is 20.8 Å². The van der Waals surface area contributed by atoms with E-state index in [0.717, 1.165) is 22.6 Å². The van der Waals surface area contributed by atoms with Gasteiger partial charge in [-0.3, -0.25) is 14.9 Å². The van der Waals surface area contributed by atoms with E-state index in [9.17, 15) is 9.59 Å². The molecule has 0 saturated heterocycles. The van der Waals surface area contributed by atoms with Crippen LogP contribution < -0.4 is 10.6 Å². The highest BCUT2D eigenvalue weighted by Crippen LogP contribution is 2.27. The average Bonchev–Trinajstić information content (AvgIpc) is 3.20. The van der Waals surface area contributed by atoms with Gasteiger partial charge in [-0.05, 0) is 31.0 Å². The largest absolute Gasteiger partial charge is 0.340 e. The molecule has 0 fully saturated rings. The maximum absolute atomic E-state index is 12.9. The monoisotopic (exact) mass is 408 g/mol. The van der Waals surface area contributed by atoms with Crippen molar-refractivity contribution < 1.29 is 9.59 Å². The summed E-state index contributed by atoms with van der Waals surface area (Å²) in [5.41, 5.74) is 2.61. The normalized spacial score (nSPS) is 12.8. The maximum atomic E-state index is 12.9. The lowest BCUT2D eigenvalue weighted by atomic mass is 9.98. The molecule has 0 aliphatic heterocycles. The minimum absolute atomic E-state index is 0.0353. The first-order valence-electron chi connectivity index (χ1n) is 9.55. The molecule has 150 valence electrons. The number of anilines is 1. The minimum atomic E-state index is -0.668. The van der Waals surface area contributed by atoms with E-state index in [0.29, 0.717) is 10.7 Å². The van der Waals surface area contributed by atoms with Crippen LogP contribution in [0.2, 0.25) is 0 Å². The van der Waals surface area contributed by atoms with E-state index in [1.54, 1.807) is 24.3 Å². The van der Waals surface area contributed by atoms with Crippen LogP contribution in [-0.4, -0.2) is 28.1 Å². The van der Waals surface area contributed by atoms with E-state index in [4.69, 9.17) is 0 Å². The van der Waals surface area contributed by atoms with Crippen molar-refractivity contribution in [2.75, 3.05) is 5.32 Å². The molecule has 2 atom stereocenters. The molecule has 0 spiro atoms. The van der Waals surface area contributed by atoms with Crippen LogP contribution in [0.3, 0.4) is 0 Å². The van der Waals surface area contributed by atoms with Crippen molar-refractivity contribution in [1.29, 1.82) is 0 Å². The first kappa shape index (κ1) is 20.7. The van der Waals surface area contributed by atoms with Gasteiger partial charge in [-0.1, -0.05) is 73.6 Å². The van der Waals surface area contributed by atoms with Gasteiger partial charge in [-0.25, -0.2) is 0 Å². The highest BCUT2D eigenvalue weighted by atomic mass is 32.1. The fourth-order valence-electron chi connectivity index (χ4n) is 2.87. The highest BCUT2D eigenvalue weighted by molar-refractivity contribution is 7.18. The molecule has 2 amide bonds. The van der Waals surface area contributed by atoms with E-state index in [-0.39, 0.29) is 17.7 Å². The van der Waals surface area contributed by atoms with E-state index < -0.39 is 6.04 Å². The molecule has 1 heterocycles. The predicted octanol–water partition coefficient (Wildman–Crippen LogP) is 4.30. The third-order valence-electron chi connectivity index (χ3n) is 4.74. The number of rotatable bonds is 7. The number of hydrogen-bond acceptors (Lipinski definition) is 5. The number of nitrogens with zero attached hydrogens (tertiary/aromatic N) is 2. The minimum Gasteiger partial charge on any atom is -0.340 e. The van der Waals surface area contributed by atoms with Crippen LogP contribution in [-0.2, 0) is 4.79 Å². The number of hydrogen-bond donors (Lipinski definition) is 2. The fourth-order valence-corrected chi connectivity index (χ4v) is 3.61. The van der Waals surface area contributed by atoms with Crippen LogP contribution in [0.15, 0.2) is 54.6 Å². The van der Waals surface area contributed by atoms with E-state index in [1.807, 2.05) is 51.1 Å². The molecule has 2 unspecified atom stereocenters. The number of amides is 2. The Morgan fingerprint density at radius 3 is 2.52 bits per heavy atom. The second kappa shape index (κ2) is 9.43. The first-order chi connectivity index (χ1) is 14.0. The zero-order chi connectivity index (χ0) is 20.8. The summed E-state index contributed by atoms with van der Waals surface area (Å²) in [4.78, 5) is 25.4. The van der Waals surface area contributed by atoms with Crippen molar-refractivity contribution in [3.8, 4) is 10.6 Å². The smallest absolute Gasteiger partial charge is 0.251 e. The van der Waals surface area contributed by atoms with Gasteiger partial charge in [-0.15, -0.1) is 10.2 Å². The van der Waals surface area contributed by atoms with Gasteiger partial charge in [0.25, 0.3) is 5.91 Å². The Balaban J connectivity index is 1.73. The quantitative estimate of drug-likeness (QED) is 0.611. The van der Waals surface area contributed by atoms with Gasteiger partial charge >= 0.3 is 0 Å². The second-order valence-corrected chi connectivity index (χ2v) is 7.95. The predicted molar refractivity (Wildman–Crippen MR) is 116 cm³/mol. The molecule has 0 saturated carbocycles. The topological polar surface area (TPSA) is 84.0 Å². The van der Waals surface area contributed by atoms with Crippen molar-refractivity contribution >= 4 is 28.3 Å². The molecule has 3 aromatic rings. The summed E-state index contributed by atoms with van der Waals surface area (Å²) < 4.78 is 0. The molecule has 0 bridgehead atoms. The summed E-state index contributed by atoms with van der Waals surface area (Å²) in [6, 6.07) is 16.2. The molecular formula is C22H24N4O2S. The molecule has 2 aromatic carbocycles. The molecule has 6 nitrogen and oxygen atoms in total. The lowest BCUT2D eigenvalue weighted by Gasteiger charge is -2.23. The zero-order valence-corrected chi connectivity index (χ0v) is 17.5. The van der Waals surface area contributed by atoms with Crippen molar-refractivity contribution in [2.45, 2.75) is 33.2 Å². The number of carbonyl (C=O) groups excluding carboxylic acids is 2. The van der Waals surface area contributed by atoms with Crippen LogP contribution in [0.4, 0.5) is 5.13 Å². The van der Waals surface area contributed by atoms with Crippen LogP contribution in [0, 0.1) is 12.8 Å². The molecule has 7 heteroatoms. The van der Waals surface area contributed by atoms with Gasteiger partial charge in [-0.2, -0.15) is 0 Å². The Kier molecular flexibility index (Phi) is 6.72. The van der Waals surface area contributed by atoms with Gasteiger partial charge in [0, 0.05) is 11.1 Å². The molecule has 3 rings (SSSR count). The Labute approximate surface area is 174 Å². The van der Waals surface area contributed by atoms with Crippen LogP contribution >= 0.6 is 11.3 Å². The summed E-state index contributed by atoms with van der Waals surface area (Å²) in [5, 5.41) is 15.1. The molecule has 0 aliphatic carbocycles. The van der Waals surface area contributed by atoms with Crippen LogP contribution in [0.5, 0.6) is 0 Å². The second-order valence-electron chi connectivity index (χ2n) is 6.97. The van der Waals surface area contributed by atoms with Gasteiger partial charge in [0.2, 0.25) is 11.0 Å². The van der Waals surface area contributed by atoms with E-state index in [1.165, 1.54) is 11.3 Å². The highest BCUT2D eigenvalue weighted by Gasteiger charge is 2.27. The molecule has 2 N–H and O–H groups in total. The summed E-state index contributed by atoms with van der Waals surface area (Å²) in [6.45, 7) is 5.94. The number of benzene rings is 2. The van der Waals surface area contributed by atoms with Gasteiger partial charge in [0.15, 0.2) is 0 Å². The Morgan fingerprint density at radius 2 is 1.83 bits per heavy atom. The number of aryl methyl sites for hydroxylation is 1. The lowest BCUT2D eigenvalue weighted by molar-refractivity contribution is -0.119. The third kappa shape index (κ3) is 5.26. The zero-order valence-electron chi connectivity index (χ0n) is 16.7. The lowest BCUT2D eigenvalue weighted by Crippen LogP contribution is -2.47. The van der Waals surface area contributed by atoms with Crippen molar-refractivity contribution in [1.82, 2.24) is 15.5 Å². The molecule has 29 heavy (non-hydrogen) atoms. The molecule has 0 radical (unpaired) electrons. The fraction of sp³-hybridized carbons (Fsp3) is 0.273. The number of nitrogens with one attached hydrogen (secondary N) is 2. The Morgan fingerprint density at radius 1 is 1.07 bits per heavy atom. The molecule has 0 aliphatic rings. The van der Waals surface area contributed by atoms with Crippen molar-refractivity contribution in [2.24, 2.45) is 5.92 Å². The van der Waals surface area contributed by atoms with E-state index >= 15 is 0 Å². The Hall–Kier alpha value is -3.06. The Bertz CT molecular complexity index is 987. The number of carbonyl (C=O) groups is 2. The maximum Gasteiger partial charge on any atom is 0.251 e. The van der Waals surface area contributed by atoms with Crippen molar-refractivity contribution in [3.63, 3.8) is 0 Å². The summed E-state index contributed by atoms with van der Waals surface area (Å²) in [5.74, 6) is -0.605. The third-order valence-corrected chi connectivity index (χ3v) is 5.63. The average molecular weight is 409 g/mol. The van der Waals surface area contributed by atoms with Gasteiger partial charge < -0.3 is 5.32 Å². The summed E-state index contributed by atoms with van der Waals surface area (Å²) in [6.07, 6.45) is 0.748. The summed E-state index contributed by atoms with van der Waals surface area (Å²) in [7, 11) is 0. The van der Waals surface area contributed by atoms with Gasteiger partial charge in [0.1, 0.15) is 11.0 Å². The first-order valence-corrected chi connectivity index (χ1v) is 10.4. The van der Waals surface area contributed by atoms with Gasteiger partial charge in [0.05, 0.1) is 0 Å². The standard InChI is InChI=1S/C22H24N4O2S/c1-4-15(3)18(23-19(27)16-10-6-5-7-11-16)20(28)24-22-26-25-21(29-22)17-12-8-9-14(2)13-17/h5-13,15,18H,4H2,1-3H3,(H,23,27)(H,24,26,28). The molecular weight excluding hydrogens is 384 g/mol. The van der Waals surface area contributed by atoms with Crippen molar-refractivity contribution in [3.05, 3.63) is 65.7 Å². The number of aromatic nitrogens is 2. The van der Waals surface area contributed by atoms with Crippen LogP contribution in [0.1, 0.15) is 36.2 Å². The SMILES string of the molecule is CCC(C)C(NC(=O)c1ccccc1)C(=O)Nc1nnc(-c2cccc(C)c2)s1.